The average Bonchev–Trinajstić information content (AvgIpc) is 2.55. The number of carbonyl (C=O) groups excluding carboxylic acids is 2. The SMILES string of the molecule is O=C(CCl)Nc1ccc(N2CCN(C(=O)CCl)CC2)cc1. The lowest BCUT2D eigenvalue weighted by atomic mass is 10.2. The molecular formula is C14H17Cl2N3O2. The fraction of sp³-hybridized carbons (Fsp3) is 0.429. The van der Waals surface area contributed by atoms with E-state index in [4.69, 9.17) is 23.2 Å². The zero-order valence-corrected chi connectivity index (χ0v) is 13.0. The first kappa shape index (κ1) is 15.9. The number of rotatable bonds is 4. The number of carbonyl (C=O) groups is 2. The standard InChI is InChI=1S/C14H17Cl2N3O2/c15-9-13(20)17-11-1-3-12(4-2-11)18-5-7-19(8-6-18)14(21)10-16/h1-4H,5-10H2,(H,17,20). The van der Waals surface area contributed by atoms with E-state index < -0.39 is 0 Å². The minimum atomic E-state index is -0.224. The van der Waals surface area contributed by atoms with E-state index in [2.05, 4.69) is 10.2 Å². The summed E-state index contributed by atoms with van der Waals surface area (Å²) < 4.78 is 0. The Morgan fingerprint density at radius 1 is 1.00 bits per heavy atom. The molecule has 2 rings (SSSR count). The molecule has 1 N–H and O–H groups in total. The van der Waals surface area contributed by atoms with Crippen molar-refractivity contribution in [2.75, 3.05) is 48.2 Å². The molecule has 7 heteroatoms. The van der Waals surface area contributed by atoms with Crippen LogP contribution in [0.2, 0.25) is 0 Å². The molecule has 0 aromatic heterocycles. The lowest BCUT2D eigenvalue weighted by Gasteiger charge is -2.36. The third-order valence-electron chi connectivity index (χ3n) is 3.38. The van der Waals surface area contributed by atoms with E-state index in [-0.39, 0.29) is 23.6 Å². The summed E-state index contributed by atoms with van der Waals surface area (Å²) in [4.78, 5) is 26.7. The van der Waals surface area contributed by atoms with E-state index in [1.54, 1.807) is 4.90 Å². The van der Waals surface area contributed by atoms with Gasteiger partial charge in [-0.1, -0.05) is 0 Å². The number of hydrogen-bond donors (Lipinski definition) is 1. The van der Waals surface area contributed by atoms with Crippen LogP contribution in [0.25, 0.3) is 0 Å². The molecule has 5 nitrogen and oxygen atoms in total. The summed E-state index contributed by atoms with van der Waals surface area (Å²) in [5, 5.41) is 2.69. The Bertz CT molecular complexity index is 499. The van der Waals surface area contributed by atoms with Gasteiger partial charge in [0, 0.05) is 37.6 Å². The van der Waals surface area contributed by atoms with Crippen LogP contribution < -0.4 is 10.2 Å². The Morgan fingerprint density at radius 2 is 1.62 bits per heavy atom. The summed E-state index contributed by atoms with van der Waals surface area (Å²) >= 11 is 11.0. The highest BCUT2D eigenvalue weighted by molar-refractivity contribution is 6.29. The minimum absolute atomic E-state index is 0.0181. The number of nitrogens with zero attached hydrogens (tertiary/aromatic N) is 2. The maximum absolute atomic E-state index is 11.5. The molecule has 1 fully saturated rings. The first-order valence-electron chi connectivity index (χ1n) is 6.68. The maximum atomic E-state index is 11.5. The number of hydrogen-bond acceptors (Lipinski definition) is 3. The van der Waals surface area contributed by atoms with Crippen molar-refractivity contribution >= 4 is 46.4 Å². The summed E-state index contributed by atoms with van der Waals surface area (Å²) in [6, 6.07) is 7.58. The topological polar surface area (TPSA) is 52.7 Å². The van der Waals surface area contributed by atoms with Crippen molar-refractivity contribution in [3.05, 3.63) is 24.3 Å². The monoisotopic (exact) mass is 329 g/mol. The largest absolute Gasteiger partial charge is 0.368 e. The number of alkyl halides is 2. The Balaban J connectivity index is 1.92. The van der Waals surface area contributed by atoms with E-state index in [0.29, 0.717) is 13.1 Å². The predicted molar refractivity (Wildman–Crippen MR) is 85.3 cm³/mol. The number of nitrogens with one attached hydrogen (secondary N) is 1. The summed E-state index contributed by atoms with van der Waals surface area (Å²) in [6.45, 7) is 2.90. The van der Waals surface area contributed by atoms with Crippen LogP contribution in [0.1, 0.15) is 0 Å². The number of piperazine rings is 1. The van der Waals surface area contributed by atoms with Gasteiger partial charge in [0.25, 0.3) is 0 Å². The fourth-order valence-electron chi connectivity index (χ4n) is 2.25. The van der Waals surface area contributed by atoms with Gasteiger partial charge < -0.3 is 15.1 Å². The molecule has 21 heavy (non-hydrogen) atoms. The molecule has 0 atom stereocenters. The number of anilines is 2. The highest BCUT2D eigenvalue weighted by Crippen LogP contribution is 2.19. The second kappa shape index (κ2) is 7.52. The van der Waals surface area contributed by atoms with Gasteiger partial charge in [0.1, 0.15) is 11.8 Å². The Morgan fingerprint density at radius 3 is 2.14 bits per heavy atom. The van der Waals surface area contributed by atoms with Crippen molar-refractivity contribution in [2.45, 2.75) is 0 Å². The normalized spacial score (nSPS) is 15.0. The van der Waals surface area contributed by atoms with Crippen molar-refractivity contribution < 1.29 is 9.59 Å². The first-order valence-corrected chi connectivity index (χ1v) is 7.75. The Hall–Kier alpha value is -1.46. The molecule has 1 aliphatic heterocycles. The molecule has 114 valence electrons. The predicted octanol–water partition coefficient (Wildman–Crippen LogP) is 1.75. The van der Waals surface area contributed by atoms with Crippen LogP contribution in [0.5, 0.6) is 0 Å². The molecule has 0 bridgehead atoms. The molecule has 0 aliphatic carbocycles. The average molecular weight is 330 g/mol. The molecule has 1 heterocycles. The van der Waals surface area contributed by atoms with Crippen molar-refractivity contribution in [3.63, 3.8) is 0 Å². The third-order valence-corrected chi connectivity index (χ3v) is 3.86. The quantitative estimate of drug-likeness (QED) is 0.856. The Labute approximate surface area is 133 Å². The van der Waals surface area contributed by atoms with Crippen molar-refractivity contribution in [2.24, 2.45) is 0 Å². The Kier molecular flexibility index (Phi) is 5.70. The van der Waals surface area contributed by atoms with E-state index in [0.717, 1.165) is 24.5 Å². The third kappa shape index (κ3) is 4.25. The molecule has 0 spiro atoms. The van der Waals surface area contributed by atoms with Crippen LogP contribution in [0.15, 0.2) is 24.3 Å². The summed E-state index contributed by atoms with van der Waals surface area (Å²) in [6.07, 6.45) is 0. The molecule has 2 amide bonds. The summed E-state index contributed by atoms with van der Waals surface area (Å²) in [5.41, 5.74) is 1.79. The molecule has 1 aromatic carbocycles. The molecule has 1 saturated heterocycles. The van der Waals surface area contributed by atoms with Gasteiger partial charge in [0.05, 0.1) is 0 Å². The maximum Gasteiger partial charge on any atom is 0.239 e. The smallest absolute Gasteiger partial charge is 0.239 e. The number of halogens is 2. The van der Waals surface area contributed by atoms with Crippen LogP contribution in [-0.2, 0) is 9.59 Å². The molecule has 0 saturated carbocycles. The van der Waals surface area contributed by atoms with Crippen molar-refractivity contribution in [3.8, 4) is 0 Å². The van der Waals surface area contributed by atoms with Gasteiger partial charge in [0.2, 0.25) is 11.8 Å². The van der Waals surface area contributed by atoms with Crippen LogP contribution in [-0.4, -0.2) is 54.7 Å². The van der Waals surface area contributed by atoms with Gasteiger partial charge in [-0.15, -0.1) is 23.2 Å². The molecule has 1 aromatic rings. The lowest BCUT2D eigenvalue weighted by molar-refractivity contribution is -0.128. The highest BCUT2D eigenvalue weighted by atomic mass is 35.5. The second-order valence-corrected chi connectivity index (χ2v) is 5.26. The van der Waals surface area contributed by atoms with E-state index >= 15 is 0 Å². The minimum Gasteiger partial charge on any atom is -0.368 e. The van der Waals surface area contributed by atoms with Gasteiger partial charge in [-0.3, -0.25) is 9.59 Å². The first-order chi connectivity index (χ1) is 10.1. The lowest BCUT2D eigenvalue weighted by Crippen LogP contribution is -2.49. The van der Waals surface area contributed by atoms with Crippen LogP contribution >= 0.6 is 23.2 Å². The molecule has 0 radical (unpaired) electrons. The molecule has 0 unspecified atom stereocenters. The van der Waals surface area contributed by atoms with Gasteiger partial charge in [-0.05, 0) is 24.3 Å². The van der Waals surface area contributed by atoms with Crippen LogP contribution in [0.4, 0.5) is 11.4 Å². The van der Waals surface area contributed by atoms with E-state index in [1.807, 2.05) is 24.3 Å². The second-order valence-electron chi connectivity index (χ2n) is 4.73. The van der Waals surface area contributed by atoms with Gasteiger partial charge in [0.15, 0.2) is 0 Å². The highest BCUT2D eigenvalue weighted by Gasteiger charge is 2.20. The van der Waals surface area contributed by atoms with Gasteiger partial charge in [-0.2, -0.15) is 0 Å². The van der Waals surface area contributed by atoms with E-state index in [1.165, 1.54) is 0 Å². The molecular weight excluding hydrogens is 313 g/mol. The van der Waals surface area contributed by atoms with Crippen LogP contribution in [0, 0.1) is 0 Å². The number of benzene rings is 1. The zero-order valence-electron chi connectivity index (χ0n) is 11.5. The number of amides is 2. The summed E-state index contributed by atoms with van der Waals surface area (Å²) in [7, 11) is 0. The van der Waals surface area contributed by atoms with Crippen molar-refractivity contribution in [1.29, 1.82) is 0 Å². The zero-order chi connectivity index (χ0) is 15.2. The van der Waals surface area contributed by atoms with Gasteiger partial charge in [-0.25, -0.2) is 0 Å². The van der Waals surface area contributed by atoms with Crippen molar-refractivity contribution in [1.82, 2.24) is 4.90 Å². The molecule has 1 aliphatic rings. The fourth-order valence-corrected chi connectivity index (χ4v) is 2.48. The summed E-state index contributed by atoms with van der Waals surface area (Å²) in [5.74, 6) is -0.263. The van der Waals surface area contributed by atoms with E-state index in [9.17, 15) is 9.59 Å². The van der Waals surface area contributed by atoms with Crippen LogP contribution in [0.3, 0.4) is 0 Å². The van der Waals surface area contributed by atoms with Gasteiger partial charge >= 0.3 is 0 Å².